The molecule has 11 unspecified atom stereocenters. The molecule has 2 aromatic carbocycles. The first-order valence-corrected chi connectivity index (χ1v) is 20.3. The van der Waals surface area contributed by atoms with Crippen LogP contribution in [-0.2, 0) is 38.0 Å². The van der Waals surface area contributed by atoms with E-state index in [-0.39, 0.29) is 31.2 Å². The summed E-state index contributed by atoms with van der Waals surface area (Å²) in [5, 5.41) is 78.5. The third-order valence-corrected chi connectivity index (χ3v) is 12.8. The Morgan fingerprint density at radius 2 is 1.28 bits per heavy atom. The molecule has 2 aliphatic carbocycles. The Morgan fingerprint density at radius 3 is 1.82 bits per heavy atom. The zero-order valence-electron chi connectivity index (χ0n) is 34.6. The van der Waals surface area contributed by atoms with Gasteiger partial charge in [0.05, 0.1) is 71.6 Å². The highest BCUT2D eigenvalue weighted by Gasteiger charge is 2.55. The molecular weight excluding hydrogens is 790 g/mol. The monoisotopic (exact) mass is 845 g/mol. The highest BCUT2D eigenvalue weighted by molar-refractivity contribution is 6.32. The maximum Gasteiger partial charge on any atom is 0.316 e. The number of ether oxygens (including phenoxy) is 7. The number of aromatic hydroxyl groups is 4. The second kappa shape index (κ2) is 16.7. The van der Waals surface area contributed by atoms with Gasteiger partial charge in [0, 0.05) is 42.9 Å². The molecule has 0 radical (unpaired) electrons. The molecule has 7 N–H and O–H groups in total. The molecule has 3 saturated heterocycles. The molecule has 3 heterocycles. The molecule has 18 nitrogen and oxygen atoms in total. The molecule has 0 bridgehead atoms. The van der Waals surface area contributed by atoms with Crippen molar-refractivity contribution in [3.8, 4) is 23.0 Å². The second-order valence-electron chi connectivity index (χ2n) is 16.8. The van der Waals surface area contributed by atoms with Gasteiger partial charge in [-0.3, -0.25) is 14.4 Å². The number of carbonyl (C=O) groups is 3. The molecule has 60 heavy (non-hydrogen) atoms. The fraction of sp³-hybridized carbons (Fsp3) is 0.643. The molecule has 18 heteroatoms. The van der Waals surface area contributed by atoms with Gasteiger partial charge in [0.25, 0.3) is 0 Å². The number of ketones is 2. The van der Waals surface area contributed by atoms with Crippen LogP contribution in [0.25, 0.3) is 0 Å². The van der Waals surface area contributed by atoms with E-state index in [0.717, 1.165) is 19.2 Å². The van der Waals surface area contributed by atoms with Gasteiger partial charge in [-0.1, -0.05) is 6.92 Å². The number of methoxy groups -OCH3 is 1. The Kier molecular flexibility index (Phi) is 12.3. The van der Waals surface area contributed by atoms with E-state index in [1.807, 2.05) is 19.0 Å². The molecule has 0 spiro atoms. The third kappa shape index (κ3) is 7.54. The number of esters is 1. The molecule has 0 saturated carbocycles. The SMILES string of the molecule is CC[C@@]1(O)C[C@H](OC2CC(N(C)C)C(OC3CC(O)C(OC4CCC(O)C(C)O4)C(C)O3)C(C)O2)c2c(O)c3c(c(O)c2[C@H]1C(=O)OC)C(=O)c1c(O)ccc(O)c1C3=O. The van der Waals surface area contributed by atoms with Crippen molar-refractivity contribution in [2.24, 2.45) is 0 Å². The number of hydrogen-bond donors (Lipinski definition) is 7. The van der Waals surface area contributed by atoms with Gasteiger partial charge < -0.3 is 73.8 Å². The predicted octanol–water partition coefficient (Wildman–Crippen LogP) is 2.36. The van der Waals surface area contributed by atoms with E-state index in [1.165, 1.54) is 0 Å². The van der Waals surface area contributed by atoms with Crippen molar-refractivity contribution in [3.63, 3.8) is 0 Å². The molecule has 0 aromatic heterocycles. The molecule has 330 valence electrons. The van der Waals surface area contributed by atoms with Gasteiger partial charge in [-0.05, 0) is 59.8 Å². The predicted molar refractivity (Wildman–Crippen MR) is 206 cm³/mol. The quantitative estimate of drug-likeness (QED) is 0.120. The Morgan fingerprint density at radius 1 is 0.750 bits per heavy atom. The average Bonchev–Trinajstić information content (AvgIpc) is 3.19. The summed E-state index contributed by atoms with van der Waals surface area (Å²) in [5.41, 5.74) is -5.25. The maximum absolute atomic E-state index is 14.0. The normalized spacial score (nSPS) is 36.7. The molecule has 2 aromatic rings. The van der Waals surface area contributed by atoms with Crippen LogP contribution in [0.15, 0.2) is 12.1 Å². The highest BCUT2D eigenvalue weighted by atomic mass is 16.7. The van der Waals surface area contributed by atoms with E-state index in [1.54, 1.807) is 27.7 Å². The van der Waals surface area contributed by atoms with Crippen LogP contribution in [0.5, 0.6) is 23.0 Å². The third-order valence-electron chi connectivity index (χ3n) is 12.8. The summed E-state index contributed by atoms with van der Waals surface area (Å²) in [4.78, 5) is 43.3. The molecule has 3 aliphatic heterocycles. The number of phenols is 4. The lowest BCUT2D eigenvalue weighted by molar-refractivity contribution is -0.328. The molecule has 7 rings (SSSR count). The largest absolute Gasteiger partial charge is 0.507 e. The Hall–Kier alpha value is -3.95. The second-order valence-corrected chi connectivity index (χ2v) is 16.8. The molecule has 3 fully saturated rings. The maximum atomic E-state index is 14.0. The zero-order chi connectivity index (χ0) is 43.7. The fourth-order valence-corrected chi connectivity index (χ4v) is 9.53. The summed E-state index contributed by atoms with van der Waals surface area (Å²) >= 11 is 0. The standard InChI is InChI=1S/C42H55NO17/c1-8-42(53)15-24(30-31(34(42)41(52)54-7)38(51)33-32(37(30)50)35(48)28-21(45)9-10-22(46)29(28)36(33)49)58-26-13-19(43(5)6)39(17(3)56-26)60-27-14-23(47)40(18(4)57-27)59-25-12-11-20(44)16(2)55-25/h9-10,16-20,23-27,34,39-40,44-47,50-51,53H,8,11-15H2,1-7H3/t16?,17?,18?,19?,20?,23?,24-,25?,26?,27?,34-,39?,40?,42+/m0/s1. The lowest BCUT2D eigenvalue weighted by Gasteiger charge is -2.48. The summed E-state index contributed by atoms with van der Waals surface area (Å²) in [7, 11) is 4.74. The minimum atomic E-state index is -1.98. The van der Waals surface area contributed by atoms with E-state index in [4.69, 9.17) is 33.2 Å². The van der Waals surface area contributed by atoms with E-state index in [9.17, 15) is 50.1 Å². The van der Waals surface area contributed by atoms with Gasteiger partial charge >= 0.3 is 5.97 Å². The number of aliphatic hydroxyl groups excluding tert-OH is 2. The van der Waals surface area contributed by atoms with E-state index in [2.05, 4.69) is 0 Å². The van der Waals surface area contributed by atoms with Gasteiger partial charge in [-0.2, -0.15) is 0 Å². The van der Waals surface area contributed by atoms with Crippen LogP contribution in [0.1, 0.15) is 121 Å². The zero-order valence-corrected chi connectivity index (χ0v) is 34.6. The number of fused-ring (bicyclic) bond motifs is 3. The number of carbonyl (C=O) groups excluding carboxylic acids is 3. The van der Waals surface area contributed by atoms with Gasteiger partial charge in [-0.25, -0.2) is 0 Å². The summed E-state index contributed by atoms with van der Waals surface area (Å²) in [5.74, 6) is -7.91. The number of benzene rings is 2. The van der Waals surface area contributed by atoms with Crippen molar-refractivity contribution >= 4 is 17.5 Å². The Labute approximate surface area is 346 Å². The van der Waals surface area contributed by atoms with Crippen molar-refractivity contribution in [2.75, 3.05) is 21.2 Å². The first-order valence-electron chi connectivity index (χ1n) is 20.3. The summed E-state index contributed by atoms with van der Waals surface area (Å²) < 4.78 is 42.5. The average molecular weight is 846 g/mol. The number of aliphatic hydroxyl groups is 3. The minimum Gasteiger partial charge on any atom is -0.507 e. The van der Waals surface area contributed by atoms with Crippen LogP contribution < -0.4 is 0 Å². The van der Waals surface area contributed by atoms with Gasteiger partial charge in [0.2, 0.25) is 11.6 Å². The first-order chi connectivity index (χ1) is 28.3. The van der Waals surface area contributed by atoms with E-state index >= 15 is 0 Å². The van der Waals surface area contributed by atoms with Crippen molar-refractivity contribution in [1.82, 2.24) is 4.90 Å². The van der Waals surface area contributed by atoms with E-state index in [0.29, 0.717) is 12.8 Å². The number of likely N-dealkylation sites (N-methyl/N-ethyl adjacent to an activating group) is 1. The van der Waals surface area contributed by atoms with Gasteiger partial charge in [0.1, 0.15) is 41.1 Å². The van der Waals surface area contributed by atoms with Gasteiger partial charge in [0.15, 0.2) is 18.9 Å². The van der Waals surface area contributed by atoms with Crippen LogP contribution in [-0.4, -0.2) is 153 Å². The van der Waals surface area contributed by atoms with E-state index < -0.39 is 154 Å². The van der Waals surface area contributed by atoms with Crippen LogP contribution >= 0.6 is 0 Å². The minimum absolute atomic E-state index is 0.0786. The fourth-order valence-electron chi connectivity index (χ4n) is 9.53. The number of hydrogen-bond acceptors (Lipinski definition) is 18. The van der Waals surface area contributed by atoms with Gasteiger partial charge in [-0.15, -0.1) is 0 Å². The van der Waals surface area contributed by atoms with Crippen molar-refractivity contribution in [1.29, 1.82) is 0 Å². The topological polar surface area (TPSA) is 261 Å². The molecule has 14 atom stereocenters. The van der Waals surface area contributed by atoms with Crippen LogP contribution in [0.4, 0.5) is 0 Å². The lowest BCUT2D eigenvalue weighted by atomic mass is 9.66. The number of nitrogens with zero attached hydrogens (tertiary/aromatic N) is 1. The summed E-state index contributed by atoms with van der Waals surface area (Å²) in [6, 6.07) is 1.60. The number of phenolic OH excluding ortho intramolecular Hbond substituents is 4. The Balaban J connectivity index is 1.16. The summed E-state index contributed by atoms with van der Waals surface area (Å²) in [6.07, 6.45) is -7.68. The van der Waals surface area contributed by atoms with Crippen LogP contribution in [0, 0.1) is 0 Å². The lowest BCUT2D eigenvalue weighted by Crippen LogP contribution is -2.58. The summed E-state index contributed by atoms with van der Waals surface area (Å²) in [6.45, 7) is 6.88. The smallest absolute Gasteiger partial charge is 0.316 e. The number of rotatable bonds is 9. The highest BCUT2D eigenvalue weighted by Crippen LogP contribution is 2.58. The molecular formula is C42H55NO17. The molecule has 0 amide bonds. The van der Waals surface area contributed by atoms with Crippen molar-refractivity contribution in [2.45, 2.75) is 151 Å². The first kappa shape index (κ1) is 44.1. The van der Waals surface area contributed by atoms with Crippen LogP contribution in [0.3, 0.4) is 0 Å². The van der Waals surface area contributed by atoms with Crippen molar-refractivity contribution < 1.29 is 83.3 Å². The molecule has 5 aliphatic rings. The Bertz CT molecular complexity index is 1990. The van der Waals surface area contributed by atoms with Crippen LogP contribution in [0.2, 0.25) is 0 Å². The van der Waals surface area contributed by atoms with Crippen molar-refractivity contribution in [3.05, 3.63) is 45.5 Å².